The molecular weight excluding hydrogens is 292 g/mol. The highest BCUT2D eigenvalue weighted by atomic mass is 16.3. The van der Waals surface area contributed by atoms with Gasteiger partial charge >= 0.3 is 0 Å². The Bertz CT molecular complexity index is 775. The topological polar surface area (TPSA) is 20.2 Å². The van der Waals surface area contributed by atoms with Gasteiger partial charge in [0.15, 0.2) is 0 Å². The number of rotatable bonds is 2. The van der Waals surface area contributed by atoms with E-state index in [1.807, 2.05) is 0 Å². The van der Waals surface area contributed by atoms with Gasteiger partial charge in [-0.3, -0.25) is 0 Å². The number of aryl methyl sites for hydroxylation is 2. The minimum absolute atomic E-state index is 0.0634. The van der Waals surface area contributed by atoms with Crippen molar-refractivity contribution in [3.63, 3.8) is 0 Å². The molecule has 126 valence electrons. The zero-order valence-corrected chi connectivity index (χ0v) is 15.3. The summed E-state index contributed by atoms with van der Waals surface area (Å²) in [4.78, 5) is 0. The van der Waals surface area contributed by atoms with Crippen molar-refractivity contribution in [2.45, 2.75) is 58.8 Å². The van der Waals surface area contributed by atoms with Gasteiger partial charge < -0.3 is 5.11 Å². The molecule has 1 nitrogen and oxygen atoms in total. The predicted octanol–water partition coefficient (Wildman–Crippen LogP) is 6.27. The second-order valence-electron chi connectivity index (χ2n) is 7.81. The summed E-state index contributed by atoms with van der Waals surface area (Å²) in [6.07, 6.45) is 8.78. The van der Waals surface area contributed by atoms with Crippen molar-refractivity contribution in [3.05, 3.63) is 58.7 Å². The van der Waals surface area contributed by atoms with Crippen LogP contribution in [-0.2, 0) is 18.3 Å². The van der Waals surface area contributed by atoms with Gasteiger partial charge in [-0.1, -0.05) is 64.1 Å². The molecule has 0 aliphatic heterocycles. The highest BCUT2D eigenvalue weighted by Gasteiger charge is 2.20. The van der Waals surface area contributed by atoms with Gasteiger partial charge in [-0.2, -0.15) is 0 Å². The molecule has 24 heavy (non-hydrogen) atoms. The van der Waals surface area contributed by atoms with Crippen molar-refractivity contribution in [2.75, 3.05) is 0 Å². The Labute approximate surface area is 146 Å². The first-order valence-corrected chi connectivity index (χ1v) is 9.07. The molecule has 0 saturated carbocycles. The van der Waals surface area contributed by atoms with E-state index >= 15 is 0 Å². The van der Waals surface area contributed by atoms with Crippen molar-refractivity contribution in [1.82, 2.24) is 0 Å². The number of phenolic OH excluding ortho intramolecular Hbond substituents is 1. The minimum atomic E-state index is 0.0634. The number of phenols is 1. The minimum Gasteiger partial charge on any atom is -0.507 e. The number of fused-ring (bicyclic) bond motifs is 1. The second-order valence-corrected chi connectivity index (χ2v) is 7.81. The summed E-state index contributed by atoms with van der Waals surface area (Å²) in [5.41, 5.74) is 7.17. The molecule has 0 fully saturated rings. The van der Waals surface area contributed by atoms with Crippen molar-refractivity contribution in [1.29, 1.82) is 0 Å². The van der Waals surface area contributed by atoms with Crippen LogP contribution < -0.4 is 0 Å². The van der Waals surface area contributed by atoms with Gasteiger partial charge in [0.05, 0.1) is 0 Å². The monoisotopic (exact) mass is 320 g/mol. The van der Waals surface area contributed by atoms with Crippen LogP contribution in [0.15, 0.2) is 36.4 Å². The van der Waals surface area contributed by atoms with E-state index in [0.29, 0.717) is 5.75 Å². The summed E-state index contributed by atoms with van der Waals surface area (Å²) < 4.78 is 0. The average Bonchev–Trinajstić information content (AvgIpc) is 2.79. The van der Waals surface area contributed by atoms with Crippen LogP contribution in [0.4, 0.5) is 0 Å². The van der Waals surface area contributed by atoms with E-state index in [2.05, 4.69) is 70.2 Å². The Kier molecular flexibility index (Phi) is 4.54. The molecule has 0 bridgehead atoms. The Hall–Kier alpha value is -2.02. The molecule has 1 heteroatoms. The molecule has 0 unspecified atom stereocenters. The van der Waals surface area contributed by atoms with Crippen LogP contribution in [0, 0.1) is 0 Å². The van der Waals surface area contributed by atoms with E-state index in [-0.39, 0.29) is 5.41 Å². The molecule has 0 amide bonds. The fraction of sp³-hybridized carbons (Fsp3) is 0.391. The summed E-state index contributed by atoms with van der Waals surface area (Å²) >= 11 is 0. The molecule has 1 aliphatic carbocycles. The summed E-state index contributed by atoms with van der Waals surface area (Å²) in [5, 5.41) is 10.9. The standard InChI is InChI=1S/C23H28O/c1-5-16-14-18(23(2,3)4)15-21(22(16)24)20-13-9-11-17-10-7-6-8-12-19(17)20/h8-9,11-15,24H,5-7,10H2,1-4H3. The maximum absolute atomic E-state index is 10.9. The Morgan fingerprint density at radius 3 is 2.58 bits per heavy atom. The predicted molar refractivity (Wildman–Crippen MR) is 104 cm³/mol. The van der Waals surface area contributed by atoms with Gasteiger partial charge in [0, 0.05) is 5.56 Å². The first-order chi connectivity index (χ1) is 11.4. The molecular formula is C23H28O. The van der Waals surface area contributed by atoms with Crippen LogP contribution in [0.5, 0.6) is 5.75 Å². The molecule has 2 aromatic rings. The van der Waals surface area contributed by atoms with Crippen LogP contribution >= 0.6 is 0 Å². The SMILES string of the molecule is CCc1cc(C(C)(C)C)cc(-c2cccc3c2C=CCCC3)c1O. The van der Waals surface area contributed by atoms with Crippen LogP contribution in [0.3, 0.4) is 0 Å². The van der Waals surface area contributed by atoms with Crippen molar-refractivity contribution in [2.24, 2.45) is 0 Å². The van der Waals surface area contributed by atoms with E-state index in [0.717, 1.165) is 36.0 Å². The maximum atomic E-state index is 10.9. The van der Waals surface area contributed by atoms with Crippen LogP contribution in [0.2, 0.25) is 0 Å². The van der Waals surface area contributed by atoms with E-state index in [1.54, 1.807) is 0 Å². The lowest BCUT2D eigenvalue weighted by molar-refractivity contribution is 0.469. The van der Waals surface area contributed by atoms with Crippen LogP contribution in [0.25, 0.3) is 17.2 Å². The van der Waals surface area contributed by atoms with Gasteiger partial charge in [0.25, 0.3) is 0 Å². The Morgan fingerprint density at radius 1 is 1.08 bits per heavy atom. The lowest BCUT2D eigenvalue weighted by atomic mass is 9.82. The molecule has 1 N–H and O–H groups in total. The summed E-state index contributed by atoms with van der Waals surface area (Å²) in [6.45, 7) is 8.80. The number of hydrogen-bond acceptors (Lipinski definition) is 1. The zero-order chi connectivity index (χ0) is 17.3. The van der Waals surface area contributed by atoms with E-state index < -0.39 is 0 Å². The molecule has 3 rings (SSSR count). The number of allylic oxidation sites excluding steroid dienone is 1. The molecule has 0 spiro atoms. The van der Waals surface area contributed by atoms with E-state index in [9.17, 15) is 5.11 Å². The van der Waals surface area contributed by atoms with Gasteiger partial charge in [0.1, 0.15) is 5.75 Å². The first-order valence-electron chi connectivity index (χ1n) is 9.07. The lowest BCUT2D eigenvalue weighted by Crippen LogP contribution is -2.12. The smallest absolute Gasteiger partial charge is 0.126 e. The second kappa shape index (κ2) is 6.47. The summed E-state index contributed by atoms with van der Waals surface area (Å²) in [5.74, 6) is 0.441. The Morgan fingerprint density at radius 2 is 1.88 bits per heavy atom. The normalized spacial score (nSPS) is 14.3. The number of benzene rings is 2. The quantitative estimate of drug-likeness (QED) is 0.691. The van der Waals surface area contributed by atoms with Crippen molar-refractivity contribution < 1.29 is 5.11 Å². The van der Waals surface area contributed by atoms with Gasteiger partial charge in [-0.05, 0) is 65.0 Å². The third-order valence-corrected chi connectivity index (χ3v) is 5.02. The molecule has 0 saturated heterocycles. The fourth-order valence-corrected chi connectivity index (χ4v) is 3.48. The van der Waals surface area contributed by atoms with Crippen LogP contribution in [0.1, 0.15) is 62.8 Å². The first kappa shape index (κ1) is 16.8. The third-order valence-electron chi connectivity index (χ3n) is 5.02. The fourth-order valence-electron chi connectivity index (χ4n) is 3.48. The maximum Gasteiger partial charge on any atom is 0.126 e. The van der Waals surface area contributed by atoms with Crippen molar-refractivity contribution in [3.8, 4) is 16.9 Å². The van der Waals surface area contributed by atoms with E-state index in [4.69, 9.17) is 0 Å². The van der Waals surface area contributed by atoms with E-state index in [1.165, 1.54) is 23.1 Å². The number of hydrogen-bond donors (Lipinski definition) is 1. The summed E-state index contributed by atoms with van der Waals surface area (Å²) in [7, 11) is 0. The number of aromatic hydroxyl groups is 1. The van der Waals surface area contributed by atoms with Crippen LogP contribution in [-0.4, -0.2) is 5.11 Å². The van der Waals surface area contributed by atoms with Gasteiger partial charge in [-0.15, -0.1) is 0 Å². The van der Waals surface area contributed by atoms with Gasteiger partial charge in [0.2, 0.25) is 0 Å². The molecule has 0 radical (unpaired) electrons. The largest absolute Gasteiger partial charge is 0.507 e. The molecule has 2 aromatic carbocycles. The average molecular weight is 320 g/mol. The highest BCUT2D eigenvalue weighted by molar-refractivity contribution is 5.82. The molecule has 0 heterocycles. The Balaban J connectivity index is 2.27. The van der Waals surface area contributed by atoms with Crippen molar-refractivity contribution >= 4 is 6.08 Å². The van der Waals surface area contributed by atoms with Gasteiger partial charge in [-0.25, -0.2) is 0 Å². The molecule has 0 atom stereocenters. The highest BCUT2D eigenvalue weighted by Crippen LogP contribution is 2.40. The zero-order valence-electron chi connectivity index (χ0n) is 15.3. The molecule has 0 aromatic heterocycles. The third kappa shape index (κ3) is 3.13. The molecule has 1 aliphatic rings. The lowest BCUT2D eigenvalue weighted by Gasteiger charge is -2.23. The summed E-state index contributed by atoms with van der Waals surface area (Å²) in [6, 6.07) is 10.8.